The number of benzene rings is 2. The van der Waals surface area contributed by atoms with Gasteiger partial charge in [-0.3, -0.25) is 14.9 Å². The molecule has 0 unspecified atom stereocenters. The molecule has 1 saturated heterocycles. The van der Waals surface area contributed by atoms with E-state index >= 15 is 0 Å². The summed E-state index contributed by atoms with van der Waals surface area (Å²) in [6, 6.07) is 13.9. The summed E-state index contributed by atoms with van der Waals surface area (Å²) in [5.41, 5.74) is 2.38. The third-order valence-electron chi connectivity index (χ3n) is 4.38. The first-order valence-corrected chi connectivity index (χ1v) is 8.45. The molecule has 0 aliphatic carbocycles. The Bertz CT molecular complexity index is 791. The lowest BCUT2D eigenvalue weighted by molar-refractivity contribution is -0.384. The van der Waals surface area contributed by atoms with Gasteiger partial charge in [0.2, 0.25) is 0 Å². The number of rotatable bonds is 5. The Morgan fingerprint density at radius 1 is 1.04 bits per heavy atom. The first-order valence-electron chi connectivity index (χ1n) is 8.45. The van der Waals surface area contributed by atoms with Crippen LogP contribution in [0, 0.1) is 10.1 Å². The van der Waals surface area contributed by atoms with Crippen molar-refractivity contribution in [3.05, 3.63) is 75.8 Å². The van der Waals surface area contributed by atoms with Crippen LogP contribution in [-0.2, 0) is 0 Å². The van der Waals surface area contributed by atoms with Crippen molar-refractivity contribution in [1.82, 2.24) is 0 Å². The first kappa shape index (κ1) is 16.9. The maximum Gasteiger partial charge on any atom is 0.270 e. The summed E-state index contributed by atoms with van der Waals surface area (Å²) in [6.07, 6.45) is 6.96. The average molecular weight is 336 g/mol. The average Bonchev–Trinajstić information content (AvgIpc) is 2.67. The maximum atomic E-state index is 12.2. The van der Waals surface area contributed by atoms with Crippen LogP contribution in [0.15, 0.2) is 54.6 Å². The number of allylic oxidation sites excluding steroid dienone is 1. The first-order chi connectivity index (χ1) is 12.1. The predicted octanol–water partition coefficient (Wildman–Crippen LogP) is 4.48. The van der Waals surface area contributed by atoms with Gasteiger partial charge >= 0.3 is 0 Å². The minimum atomic E-state index is -0.500. The number of piperidine rings is 1. The molecular formula is C20H20N2O3. The van der Waals surface area contributed by atoms with E-state index < -0.39 is 4.92 Å². The largest absolute Gasteiger partial charge is 0.372 e. The van der Waals surface area contributed by atoms with Crippen LogP contribution in [0.2, 0.25) is 0 Å². The molecule has 1 fully saturated rings. The number of carbonyl (C=O) groups excluding carboxylic acids is 1. The highest BCUT2D eigenvalue weighted by molar-refractivity contribution is 6.07. The molecule has 3 rings (SSSR count). The number of carbonyl (C=O) groups is 1. The van der Waals surface area contributed by atoms with E-state index in [0.717, 1.165) is 18.7 Å². The van der Waals surface area contributed by atoms with Crippen LogP contribution in [0.1, 0.15) is 35.2 Å². The van der Waals surface area contributed by atoms with Gasteiger partial charge in [-0.05, 0) is 43.0 Å². The van der Waals surface area contributed by atoms with Crippen molar-refractivity contribution in [2.45, 2.75) is 19.3 Å². The van der Waals surface area contributed by atoms with Crippen LogP contribution < -0.4 is 4.90 Å². The normalized spacial score (nSPS) is 14.6. The van der Waals surface area contributed by atoms with Gasteiger partial charge in [0.05, 0.1) is 4.92 Å². The zero-order chi connectivity index (χ0) is 17.6. The predicted molar refractivity (Wildman–Crippen MR) is 99.0 cm³/mol. The number of nitro benzene ring substituents is 1. The second-order valence-electron chi connectivity index (χ2n) is 6.14. The fraction of sp³-hybridized carbons (Fsp3) is 0.250. The van der Waals surface area contributed by atoms with Gasteiger partial charge in [-0.2, -0.15) is 0 Å². The van der Waals surface area contributed by atoms with Crippen molar-refractivity contribution < 1.29 is 9.72 Å². The second-order valence-corrected chi connectivity index (χ2v) is 6.14. The molecule has 1 heterocycles. The molecule has 0 radical (unpaired) electrons. The van der Waals surface area contributed by atoms with Crippen LogP contribution in [0.5, 0.6) is 0 Å². The molecular weight excluding hydrogens is 316 g/mol. The standard InChI is InChI=1S/C20H20N2O3/c23-20(17-5-4-6-19(15-17)22(24)25)12-9-16-7-10-18(11-8-16)21-13-2-1-3-14-21/h4-12,15H,1-3,13-14H2/b12-9+. The van der Waals surface area contributed by atoms with E-state index in [1.807, 2.05) is 12.1 Å². The van der Waals surface area contributed by atoms with Crippen LogP contribution in [0.3, 0.4) is 0 Å². The Kier molecular flexibility index (Phi) is 5.23. The SMILES string of the molecule is O=C(/C=C/c1ccc(N2CCCCC2)cc1)c1cccc([N+](=O)[O-])c1. The van der Waals surface area contributed by atoms with Crippen molar-refractivity contribution in [1.29, 1.82) is 0 Å². The van der Waals surface area contributed by atoms with Crippen molar-refractivity contribution >= 4 is 23.2 Å². The number of nitro groups is 1. The summed E-state index contributed by atoms with van der Waals surface area (Å²) < 4.78 is 0. The van der Waals surface area contributed by atoms with Crippen LogP contribution in [0.25, 0.3) is 6.08 Å². The Balaban J connectivity index is 1.68. The molecule has 1 aliphatic rings. The summed E-state index contributed by atoms with van der Waals surface area (Å²) >= 11 is 0. The van der Waals surface area contributed by atoms with Gasteiger partial charge in [0.1, 0.15) is 0 Å². The maximum absolute atomic E-state index is 12.2. The number of ketones is 1. The monoisotopic (exact) mass is 336 g/mol. The summed E-state index contributed by atoms with van der Waals surface area (Å²) in [7, 11) is 0. The molecule has 2 aromatic rings. The molecule has 0 aromatic heterocycles. The molecule has 1 aliphatic heterocycles. The fourth-order valence-corrected chi connectivity index (χ4v) is 2.99. The lowest BCUT2D eigenvalue weighted by Gasteiger charge is -2.28. The Hall–Kier alpha value is -2.95. The third kappa shape index (κ3) is 4.32. The van der Waals surface area contributed by atoms with Gasteiger partial charge in [0.25, 0.3) is 5.69 Å². The highest BCUT2D eigenvalue weighted by Crippen LogP contribution is 2.21. The highest BCUT2D eigenvalue weighted by atomic mass is 16.6. The van der Waals surface area contributed by atoms with E-state index in [2.05, 4.69) is 17.0 Å². The van der Waals surface area contributed by atoms with E-state index in [1.54, 1.807) is 12.1 Å². The topological polar surface area (TPSA) is 63.5 Å². The molecule has 5 nitrogen and oxygen atoms in total. The van der Waals surface area contributed by atoms with E-state index in [0.29, 0.717) is 5.56 Å². The van der Waals surface area contributed by atoms with Crippen LogP contribution in [0.4, 0.5) is 11.4 Å². The lowest BCUT2D eigenvalue weighted by atomic mass is 10.1. The summed E-state index contributed by atoms with van der Waals surface area (Å²) in [5, 5.41) is 10.8. The third-order valence-corrected chi connectivity index (χ3v) is 4.38. The molecule has 0 saturated carbocycles. The van der Waals surface area contributed by atoms with Crippen molar-refractivity contribution in [2.24, 2.45) is 0 Å². The Labute approximate surface area is 146 Å². The molecule has 2 aromatic carbocycles. The quantitative estimate of drug-likeness (QED) is 0.349. The Morgan fingerprint density at radius 3 is 2.44 bits per heavy atom. The molecule has 0 spiro atoms. The fourth-order valence-electron chi connectivity index (χ4n) is 2.99. The Morgan fingerprint density at radius 2 is 1.76 bits per heavy atom. The summed E-state index contributed by atoms with van der Waals surface area (Å²) in [6.45, 7) is 2.20. The molecule has 0 N–H and O–H groups in total. The molecule has 128 valence electrons. The number of hydrogen-bond donors (Lipinski definition) is 0. The highest BCUT2D eigenvalue weighted by Gasteiger charge is 2.11. The number of non-ortho nitro benzene ring substituents is 1. The van der Waals surface area contributed by atoms with Crippen LogP contribution in [-0.4, -0.2) is 23.8 Å². The van der Waals surface area contributed by atoms with E-state index in [9.17, 15) is 14.9 Å². The van der Waals surface area contributed by atoms with Gasteiger partial charge in [0.15, 0.2) is 5.78 Å². The van der Waals surface area contributed by atoms with Crippen molar-refractivity contribution in [2.75, 3.05) is 18.0 Å². The van der Waals surface area contributed by atoms with Gasteiger partial charge in [0, 0.05) is 36.5 Å². The van der Waals surface area contributed by atoms with Crippen LogP contribution >= 0.6 is 0 Å². The number of hydrogen-bond acceptors (Lipinski definition) is 4. The van der Waals surface area contributed by atoms with Gasteiger partial charge < -0.3 is 4.90 Å². The zero-order valence-corrected chi connectivity index (χ0v) is 13.9. The summed E-state index contributed by atoms with van der Waals surface area (Å²) in [5.74, 6) is -0.246. The molecule has 0 amide bonds. The van der Waals surface area contributed by atoms with E-state index in [-0.39, 0.29) is 11.5 Å². The van der Waals surface area contributed by atoms with Crippen molar-refractivity contribution in [3.8, 4) is 0 Å². The van der Waals surface area contributed by atoms with Gasteiger partial charge in [-0.1, -0.05) is 30.3 Å². The van der Waals surface area contributed by atoms with Crippen molar-refractivity contribution in [3.63, 3.8) is 0 Å². The molecule has 0 bridgehead atoms. The minimum Gasteiger partial charge on any atom is -0.372 e. The van der Waals surface area contributed by atoms with Gasteiger partial charge in [-0.15, -0.1) is 0 Å². The lowest BCUT2D eigenvalue weighted by Crippen LogP contribution is -2.29. The number of anilines is 1. The zero-order valence-electron chi connectivity index (χ0n) is 13.9. The minimum absolute atomic E-state index is 0.0786. The second kappa shape index (κ2) is 7.75. The number of nitrogens with zero attached hydrogens (tertiary/aromatic N) is 2. The van der Waals surface area contributed by atoms with Gasteiger partial charge in [-0.25, -0.2) is 0 Å². The van der Waals surface area contributed by atoms with E-state index in [4.69, 9.17) is 0 Å². The molecule has 5 heteroatoms. The smallest absolute Gasteiger partial charge is 0.270 e. The van der Waals surface area contributed by atoms with E-state index in [1.165, 1.54) is 49.2 Å². The summed E-state index contributed by atoms with van der Waals surface area (Å²) in [4.78, 5) is 24.9. The molecule has 0 atom stereocenters. The molecule has 25 heavy (non-hydrogen) atoms.